The lowest BCUT2D eigenvalue weighted by atomic mass is 10.0. The Bertz CT molecular complexity index is 1650. The average Bonchev–Trinajstić information content (AvgIpc) is 3.02. The molecule has 4 rings (SSSR count). The second-order valence-corrected chi connectivity index (χ2v) is 11.9. The number of nitrogens with one attached hydrogen (secondary N) is 1. The van der Waals surface area contributed by atoms with Gasteiger partial charge in [-0.2, -0.15) is 0 Å². The van der Waals surface area contributed by atoms with Crippen molar-refractivity contribution in [2.24, 2.45) is 0 Å². The summed E-state index contributed by atoms with van der Waals surface area (Å²) in [6.07, 6.45) is 0.192. The van der Waals surface area contributed by atoms with E-state index in [0.29, 0.717) is 11.3 Å². The highest BCUT2D eigenvalue weighted by Gasteiger charge is 2.34. The van der Waals surface area contributed by atoms with E-state index in [1.54, 1.807) is 36.4 Å². The quantitative estimate of drug-likeness (QED) is 0.253. The van der Waals surface area contributed by atoms with E-state index in [-0.39, 0.29) is 23.5 Å². The topological polar surface area (TPSA) is 96.0 Å². The lowest BCUT2D eigenvalue weighted by Gasteiger charge is -2.33. The maximum atomic E-state index is 14.3. The summed E-state index contributed by atoms with van der Waals surface area (Å²) in [5.74, 6) is -1.01. The van der Waals surface area contributed by atoms with Gasteiger partial charge in [-0.15, -0.1) is 0 Å². The molecule has 0 aliphatic heterocycles. The van der Waals surface area contributed by atoms with Crippen LogP contribution in [0.15, 0.2) is 108 Å². The maximum Gasteiger partial charge on any atom is 0.264 e. The van der Waals surface area contributed by atoms with Crippen LogP contribution in [0.2, 0.25) is 0 Å². The first-order valence-electron chi connectivity index (χ1n) is 13.6. The number of nitrogens with zero attached hydrogens (tertiary/aromatic N) is 2. The van der Waals surface area contributed by atoms with Crippen molar-refractivity contribution < 1.29 is 27.1 Å². The molecule has 0 heterocycles. The molecule has 0 saturated heterocycles. The first kappa shape index (κ1) is 31.2. The van der Waals surface area contributed by atoms with E-state index in [1.807, 2.05) is 37.3 Å². The summed E-state index contributed by atoms with van der Waals surface area (Å²) in [5, 5.41) is 2.65. The highest BCUT2D eigenvalue weighted by atomic mass is 32.2. The van der Waals surface area contributed by atoms with Crippen LogP contribution in [0.1, 0.15) is 16.7 Å². The monoisotopic (exact) mass is 603 g/mol. The molecule has 0 bridgehead atoms. The molecule has 4 aromatic rings. The number of aryl methyl sites for hydroxylation is 1. The number of halogens is 1. The Labute approximate surface area is 251 Å². The van der Waals surface area contributed by atoms with E-state index in [4.69, 9.17) is 4.74 Å². The number of methoxy groups -OCH3 is 1. The number of carbonyl (C=O) groups excluding carboxylic acids is 2. The molecule has 0 spiro atoms. The molecule has 43 heavy (non-hydrogen) atoms. The van der Waals surface area contributed by atoms with Crippen LogP contribution in [0.3, 0.4) is 0 Å². The van der Waals surface area contributed by atoms with Crippen molar-refractivity contribution in [3.05, 3.63) is 126 Å². The van der Waals surface area contributed by atoms with Crippen LogP contribution in [0.25, 0.3) is 0 Å². The maximum absolute atomic E-state index is 14.3. The minimum Gasteiger partial charge on any atom is -0.497 e. The zero-order chi connectivity index (χ0) is 31.0. The van der Waals surface area contributed by atoms with Gasteiger partial charge < -0.3 is 15.0 Å². The van der Waals surface area contributed by atoms with E-state index in [9.17, 15) is 22.4 Å². The SMILES string of the molecule is CNC(=O)[C@@H](Cc1ccccc1)N(Cc1cccc(OC)c1)C(=O)CN(c1ccc(F)cc1)S(=O)(=O)c1ccc(C)cc1. The number of hydrogen-bond acceptors (Lipinski definition) is 5. The summed E-state index contributed by atoms with van der Waals surface area (Å²) >= 11 is 0. The number of ether oxygens (including phenoxy) is 1. The van der Waals surface area contributed by atoms with Crippen LogP contribution in [0.5, 0.6) is 5.75 Å². The van der Waals surface area contributed by atoms with Crippen molar-refractivity contribution in [3.63, 3.8) is 0 Å². The molecule has 0 aliphatic rings. The molecule has 10 heteroatoms. The molecular formula is C33H34FN3O5S. The van der Waals surface area contributed by atoms with Gasteiger partial charge in [-0.1, -0.05) is 60.2 Å². The lowest BCUT2D eigenvalue weighted by Crippen LogP contribution is -2.53. The number of benzene rings is 4. The second-order valence-electron chi connectivity index (χ2n) is 9.99. The van der Waals surface area contributed by atoms with Gasteiger partial charge in [-0.3, -0.25) is 13.9 Å². The molecule has 224 valence electrons. The third-order valence-corrected chi connectivity index (χ3v) is 8.80. The zero-order valence-corrected chi connectivity index (χ0v) is 25.1. The third-order valence-electron chi connectivity index (χ3n) is 7.01. The van der Waals surface area contributed by atoms with Crippen molar-refractivity contribution in [2.75, 3.05) is 25.0 Å². The standard InChI is InChI=1S/C33H34FN3O5S/c1-24-12-18-30(19-13-24)43(40,41)37(28-16-14-27(34)15-17-28)23-32(38)36(22-26-10-7-11-29(20-26)42-3)31(33(39)35-2)21-25-8-5-4-6-9-25/h4-20,31H,21-23H2,1-3H3,(H,35,39)/t31-/m1/s1. The van der Waals surface area contributed by atoms with Crippen LogP contribution >= 0.6 is 0 Å². The van der Waals surface area contributed by atoms with E-state index in [2.05, 4.69) is 5.32 Å². The van der Waals surface area contributed by atoms with Gasteiger partial charge in [0.15, 0.2) is 0 Å². The summed E-state index contributed by atoms with van der Waals surface area (Å²) in [4.78, 5) is 28.9. The molecule has 0 radical (unpaired) electrons. The number of sulfonamides is 1. The van der Waals surface area contributed by atoms with Crippen LogP contribution in [-0.2, 0) is 32.6 Å². The third kappa shape index (κ3) is 7.78. The number of carbonyl (C=O) groups is 2. The highest BCUT2D eigenvalue weighted by Crippen LogP contribution is 2.26. The molecule has 0 fully saturated rings. The van der Waals surface area contributed by atoms with E-state index in [1.165, 1.54) is 43.3 Å². The molecule has 0 saturated carbocycles. The predicted molar refractivity (Wildman–Crippen MR) is 164 cm³/mol. The largest absolute Gasteiger partial charge is 0.497 e. The Hall–Kier alpha value is -4.70. The fourth-order valence-corrected chi connectivity index (χ4v) is 6.08. The van der Waals surface area contributed by atoms with E-state index >= 15 is 0 Å². The number of anilines is 1. The molecule has 0 aromatic heterocycles. The molecule has 4 aromatic carbocycles. The Kier molecular flexibility index (Phi) is 10.2. The summed E-state index contributed by atoms with van der Waals surface area (Å²) in [6.45, 7) is 1.21. The summed E-state index contributed by atoms with van der Waals surface area (Å²) in [7, 11) is -1.25. The Morgan fingerprint density at radius 2 is 1.53 bits per heavy atom. The molecule has 0 unspecified atom stereocenters. The fourth-order valence-electron chi connectivity index (χ4n) is 4.66. The second kappa shape index (κ2) is 14.0. The molecule has 0 aliphatic carbocycles. The van der Waals surface area contributed by atoms with Gasteiger partial charge >= 0.3 is 0 Å². The van der Waals surface area contributed by atoms with Crippen molar-refractivity contribution in [3.8, 4) is 5.75 Å². The van der Waals surface area contributed by atoms with Gasteiger partial charge in [0.2, 0.25) is 11.8 Å². The summed E-state index contributed by atoms with van der Waals surface area (Å²) < 4.78 is 48.0. The van der Waals surface area contributed by atoms with E-state index in [0.717, 1.165) is 27.6 Å². The van der Waals surface area contributed by atoms with Gasteiger partial charge in [0, 0.05) is 20.0 Å². The van der Waals surface area contributed by atoms with Crippen LogP contribution in [0, 0.1) is 12.7 Å². The lowest BCUT2D eigenvalue weighted by molar-refractivity contribution is -0.139. The first-order valence-corrected chi connectivity index (χ1v) is 15.1. The number of rotatable bonds is 12. The van der Waals surface area contributed by atoms with Crippen molar-refractivity contribution >= 4 is 27.5 Å². The van der Waals surface area contributed by atoms with Gasteiger partial charge in [-0.05, 0) is 66.6 Å². The summed E-state index contributed by atoms with van der Waals surface area (Å²) in [6, 6.07) is 26.5. The van der Waals surface area contributed by atoms with Crippen LogP contribution in [0.4, 0.5) is 10.1 Å². The van der Waals surface area contributed by atoms with Crippen LogP contribution < -0.4 is 14.4 Å². The number of hydrogen-bond donors (Lipinski definition) is 1. The average molecular weight is 604 g/mol. The van der Waals surface area contributed by atoms with Crippen molar-refractivity contribution in [1.29, 1.82) is 0 Å². The summed E-state index contributed by atoms with van der Waals surface area (Å²) in [5.41, 5.74) is 2.48. The van der Waals surface area contributed by atoms with Gasteiger partial charge in [0.05, 0.1) is 17.7 Å². The van der Waals surface area contributed by atoms with Crippen molar-refractivity contribution in [2.45, 2.75) is 30.8 Å². The molecule has 1 atom stereocenters. The van der Waals surface area contributed by atoms with Gasteiger partial charge in [0.1, 0.15) is 24.2 Å². The molecule has 1 N–H and O–H groups in total. The normalized spacial score (nSPS) is 11.8. The van der Waals surface area contributed by atoms with E-state index < -0.39 is 40.2 Å². The number of likely N-dealkylation sites (N-methyl/N-ethyl adjacent to an activating group) is 1. The molecule has 8 nitrogen and oxygen atoms in total. The molecule has 2 amide bonds. The van der Waals surface area contributed by atoms with Gasteiger partial charge in [0.25, 0.3) is 10.0 Å². The Balaban J connectivity index is 1.79. The minimum atomic E-state index is -4.26. The first-order chi connectivity index (χ1) is 20.6. The van der Waals surface area contributed by atoms with Crippen molar-refractivity contribution in [1.82, 2.24) is 10.2 Å². The minimum absolute atomic E-state index is 0.00277. The number of amides is 2. The highest BCUT2D eigenvalue weighted by molar-refractivity contribution is 7.92. The Morgan fingerprint density at radius 3 is 2.16 bits per heavy atom. The van der Waals surface area contributed by atoms with Gasteiger partial charge in [-0.25, -0.2) is 12.8 Å². The Morgan fingerprint density at radius 1 is 0.884 bits per heavy atom. The smallest absolute Gasteiger partial charge is 0.264 e. The molecular weight excluding hydrogens is 569 g/mol. The fraction of sp³-hybridized carbons (Fsp3) is 0.212. The predicted octanol–water partition coefficient (Wildman–Crippen LogP) is 4.72. The zero-order valence-electron chi connectivity index (χ0n) is 24.2. The van der Waals surface area contributed by atoms with Crippen LogP contribution in [-0.4, -0.2) is 51.9 Å².